The Morgan fingerprint density at radius 2 is 1.91 bits per heavy atom. The molecule has 0 bridgehead atoms. The molecule has 2 amide bonds. The summed E-state index contributed by atoms with van der Waals surface area (Å²) in [6, 6.07) is 4.42. The summed E-state index contributed by atoms with van der Waals surface area (Å²) in [5, 5.41) is 11.6. The number of hydrogen-bond acceptors (Lipinski definition) is 3. The predicted molar refractivity (Wildman–Crippen MR) is 83.3 cm³/mol. The number of carbonyl (C=O) groups excluding carboxylic acids is 2. The Hall–Kier alpha value is -1.79. The summed E-state index contributed by atoms with van der Waals surface area (Å²) in [5.74, 6) is -1.65. The number of nitrogens with zero attached hydrogens (tertiary/aromatic N) is 1. The lowest BCUT2D eigenvalue weighted by Crippen LogP contribution is -2.38. The van der Waals surface area contributed by atoms with Gasteiger partial charge in [0.2, 0.25) is 5.91 Å². The summed E-state index contributed by atoms with van der Waals surface area (Å²) >= 11 is 11.6. The number of carboxylic acids is 1. The molecule has 0 atom stereocenters. The minimum absolute atomic E-state index is 0.00669. The standard InChI is InChI=1S/C14H16Cl2N2O4/c1-18(6-2-3-13(20)21)12(19)8-17-14(22)9-4-5-10(15)11(16)7-9/h4-5,7H,2-3,6,8H2,1H3,(H,17,22)(H,20,21). The maximum atomic E-state index is 11.9. The first-order valence-corrected chi connectivity index (χ1v) is 7.26. The maximum Gasteiger partial charge on any atom is 0.303 e. The minimum atomic E-state index is -0.909. The Balaban J connectivity index is 2.44. The van der Waals surface area contributed by atoms with Gasteiger partial charge in [0.15, 0.2) is 0 Å². The quantitative estimate of drug-likeness (QED) is 0.790. The molecule has 0 radical (unpaired) electrons. The average Bonchev–Trinajstić information content (AvgIpc) is 2.46. The predicted octanol–water partition coefficient (Wildman–Crippen LogP) is 2.05. The molecule has 22 heavy (non-hydrogen) atoms. The van der Waals surface area contributed by atoms with Crippen molar-refractivity contribution in [3.63, 3.8) is 0 Å². The summed E-state index contributed by atoms with van der Waals surface area (Å²) < 4.78 is 0. The fourth-order valence-corrected chi connectivity index (χ4v) is 1.92. The largest absolute Gasteiger partial charge is 0.481 e. The first kappa shape index (κ1) is 18.3. The second-order valence-electron chi connectivity index (χ2n) is 4.62. The van der Waals surface area contributed by atoms with Gasteiger partial charge < -0.3 is 15.3 Å². The van der Waals surface area contributed by atoms with Gasteiger partial charge in [-0.05, 0) is 24.6 Å². The Morgan fingerprint density at radius 1 is 1.23 bits per heavy atom. The molecule has 1 rings (SSSR count). The molecule has 0 aliphatic rings. The van der Waals surface area contributed by atoms with Gasteiger partial charge in [0, 0.05) is 25.6 Å². The Bertz CT molecular complexity index is 578. The van der Waals surface area contributed by atoms with Crippen LogP contribution in [0.5, 0.6) is 0 Å². The highest BCUT2D eigenvalue weighted by atomic mass is 35.5. The summed E-state index contributed by atoms with van der Waals surface area (Å²) in [4.78, 5) is 35.4. The molecule has 2 N–H and O–H groups in total. The van der Waals surface area contributed by atoms with E-state index in [1.165, 1.54) is 23.1 Å². The van der Waals surface area contributed by atoms with Crippen molar-refractivity contribution in [1.29, 1.82) is 0 Å². The third-order valence-electron chi connectivity index (χ3n) is 2.89. The van der Waals surface area contributed by atoms with Crippen LogP contribution in [0, 0.1) is 0 Å². The van der Waals surface area contributed by atoms with Crippen molar-refractivity contribution < 1.29 is 19.5 Å². The van der Waals surface area contributed by atoms with Gasteiger partial charge in [-0.3, -0.25) is 14.4 Å². The van der Waals surface area contributed by atoms with Crippen molar-refractivity contribution in [2.75, 3.05) is 20.1 Å². The Labute approximate surface area is 138 Å². The molecule has 0 heterocycles. The van der Waals surface area contributed by atoms with Crippen LogP contribution in [-0.4, -0.2) is 47.9 Å². The van der Waals surface area contributed by atoms with Crippen LogP contribution in [0.4, 0.5) is 0 Å². The highest BCUT2D eigenvalue weighted by molar-refractivity contribution is 6.42. The van der Waals surface area contributed by atoms with Crippen molar-refractivity contribution in [1.82, 2.24) is 10.2 Å². The zero-order valence-electron chi connectivity index (χ0n) is 11.9. The van der Waals surface area contributed by atoms with Crippen LogP contribution in [-0.2, 0) is 9.59 Å². The number of halogens is 2. The van der Waals surface area contributed by atoms with Crippen LogP contribution in [0.1, 0.15) is 23.2 Å². The Kier molecular flexibility index (Phi) is 7.14. The van der Waals surface area contributed by atoms with Crippen molar-refractivity contribution in [2.45, 2.75) is 12.8 Å². The van der Waals surface area contributed by atoms with Crippen LogP contribution in [0.2, 0.25) is 10.0 Å². The van der Waals surface area contributed by atoms with Gasteiger partial charge in [-0.25, -0.2) is 0 Å². The molecule has 0 unspecified atom stereocenters. The molecule has 0 saturated carbocycles. The van der Waals surface area contributed by atoms with E-state index in [2.05, 4.69) is 5.32 Å². The molecule has 120 valence electrons. The lowest BCUT2D eigenvalue weighted by atomic mass is 10.2. The molecule has 0 fully saturated rings. The number of nitrogens with one attached hydrogen (secondary N) is 1. The number of rotatable bonds is 7. The zero-order valence-corrected chi connectivity index (χ0v) is 13.4. The number of amides is 2. The topological polar surface area (TPSA) is 86.7 Å². The van der Waals surface area contributed by atoms with Gasteiger partial charge in [-0.1, -0.05) is 23.2 Å². The fourth-order valence-electron chi connectivity index (χ4n) is 1.62. The van der Waals surface area contributed by atoms with E-state index in [-0.39, 0.29) is 23.9 Å². The van der Waals surface area contributed by atoms with Gasteiger partial charge >= 0.3 is 5.97 Å². The van der Waals surface area contributed by atoms with Gasteiger partial charge in [0.25, 0.3) is 5.91 Å². The van der Waals surface area contributed by atoms with Crippen molar-refractivity contribution in [3.05, 3.63) is 33.8 Å². The van der Waals surface area contributed by atoms with E-state index in [0.29, 0.717) is 23.6 Å². The summed E-state index contributed by atoms with van der Waals surface area (Å²) in [6.07, 6.45) is 0.353. The summed E-state index contributed by atoms with van der Waals surface area (Å²) in [5.41, 5.74) is 0.302. The molecule has 8 heteroatoms. The number of benzene rings is 1. The second-order valence-corrected chi connectivity index (χ2v) is 5.44. The van der Waals surface area contributed by atoms with Crippen LogP contribution in [0.25, 0.3) is 0 Å². The fraction of sp³-hybridized carbons (Fsp3) is 0.357. The number of aliphatic carboxylic acids is 1. The molecule has 6 nitrogen and oxygen atoms in total. The number of likely N-dealkylation sites (N-methyl/N-ethyl adjacent to an activating group) is 1. The highest BCUT2D eigenvalue weighted by Crippen LogP contribution is 2.22. The molecule has 0 aliphatic carbocycles. The third-order valence-corrected chi connectivity index (χ3v) is 3.63. The molecule has 1 aromatic rings. The van der Waals surface area contributed by atoms with E-state index in [1.54, 1.807) is 7.05 Å². The lowest BCUT2D eigenvalue weighted by molar-refractivity contribution is -0.137. The monoisotopic (exact) mass is 346 g/mol. The zero-order chi connectivity index (χ0) is 16.7. The summed E-state index contributed by atoms with van der Waals surface area (Å²) in [7, 11) is 1.55. The maximum absolute atomic E-state index is 11.9. The smallest absolute Gasteiger partial charge is 0.303 e. The molecular formula is C14H16Cl2N2O4. The molecule has 0 spiro atoms. The average molecular weight is 347 g/mol. The minimum Gasteiger partial charge on any atom is -0.481 e. The lowest BCUT2D eigenvalue weighted by Gasteiger charge is -2.17. The first-order valence-electron chi connectivity index (χ1n) is 6.50. The van der Waals surface area contributed by atoms with E-state index < -0.39 is 11.9 Å². The number of carbonyl (C=O) groups is 3. The van der Waals surface area contributed by atoms with Crippen molar-refractivity contribution in [2.24, 2.45) is 0 Å². The van der Waals surface area contributed by atoms with Gasteiger partial charge in [0.1, 0.15) is 0 Å². The third kappa shape index (κ3) is 5.91. The van der Waals surface area contributed by atoms with Gasteiger partial charge in [-0.15, -0.1) is 0 Å². The second kappa shape index (κ2) is 8.60. The van der Waals surface area contributed by atoms with Crippen LogP contribution in [0.15, 0.2) is 18.2 Å². The van der Waals surface area contributed by atoms with Crippen molar-refractivity contribution >= 4 is 41.0 Å². The molecule has 0 aromatic heterocycles. The van der Waals surface area contributed by atoms with Crippen molar-refractivity contribution in [3.8, 4) is 0 Å². The highest BCUT2D eigenvalue weighted by Gasteiger charge is 2.13. The number of carboxylic acid groups (broad SMARTS) is 1. The molecular weight excluding hydrogens is 331 g/mol. The first-order chi connectivity index (χ1) is 10.3. The van der Waals surface area contributed by atoms with E-state index in [9.17, 15) is 14.4 Å². The molecule has 1 aromatic carbocycles. The van der Waals surface area contributed by atoms with E-state index in [1.807, 2.05) is 0 Å². The SMILES string of the molecule is CN(CCCC(=O)O)C(=O)CNC(=O)c1ccc(Cl)c(Cl)c1. The summed E-state index contributed by atoms with van der Waals surface area (Å²) in [6.45, 7) is 0.135. The molecule has 0 saturated heterocycles. The van der Waals surface area contributed by atoms with Crippen LogP contribution >= 0.6 is 23.2 Å². The van der Waals surface area contributed by atoms with E-state index in [4.69, 9.17) is 28.3 Å². The van der Waals surface area contributed by atoms with Gasteiger partial charge in [-0.2, -0.15) is 0 Å². The van der Waals surface area contributed by atoms with Crippen LogP contribution < -0.4 is 5.32 Å². The normalized spacial score (nSPS) is 10.1. The molecule has 0 aliphatic heterocycles. The van der Waals surface area contributed by atoms with Gasteiger partial charge in [0.05, 0.1) is 16.6 Å². The van der Waals surface area contributed by atoms with E-state index in [0.717, 1.165) is 0 Å². The van der Waals surface area contributed by atoms with Crippen LogP contribution in [0.3, 0.4) is 0 Å². The Morgan fingerprint density at radius 3 is 2.50 bits per heavy atom. The number of hydrogen-bond donors (Lipinski definition) is 2. The van der Waals surface area contributed by atoms with E-state index >= 15 is 0 Å².